The molecule has 0 bridgehead atoms. The van der Waals surface area contributed by atoms with Gasteiger partial charge in [0.25, 0.3) is 0 Å². The first-order valence-electron chi connectivity index (χ1n) is 12.7. The molecule has 0 aliphatic heterocycles. The molecule has 3 N–H and O–H groups in total. The molecule has 0 radical (unpaired) electrons. The van der Waals surface area contributed by atoms with Crippen molar-refractivity contribution in [3.63, 3.8) is 0 Å². The molecule has 3 aromatic rings. The van der Waals surface area contributed by atoms with Gasteiger partial charge in [-0.25, -0.2) is 0 Å². The predicted octanol–water partition coefficient (Wildman–Crippen LogP) is 6.31. The molecule has 0 spiro atoms. The number of hydrogen-bond donors (Lipinski definition) is 3. The molecule has 7 nitrogen and oxygen atoms in total. The van der Waals surface area contributed by atoms with Crippen molar-refractivity contribution in [3.05, 3.63) is 56.8 Å². The minimum absolute atomic E-state index is 0.0283. The van der Waals surface area contributed by atoms with E-state index >= 15 is 0 Å². The second-order valence-corrected chi connectivity index (χ2v) is 9.74. The second kappa shape index (κ2) is 12.7. The summed E-state index contributed by atoms with van der Waals surface area (Å²) >= 11 is 0. The fraction of sp³-hybridized carbons (Fsp3) is 0.433. The first kappa shape index (κ1) is 28.1. The van der Waals surface area contributed by atoms with Crippen LogP contribution in [0, 0.1) is 0 Å². The zero-order chi connectivity index (χ0) is 27.1. The van der Waals surface area contributed by atoms with Gasteiger partial charge in [-0.05, 0) is 59.8 Å². The van der Waals surface area contributed by atoms with Crippen LogP contribution in [0.5, 0.6) is 23.0 Å². The Hall–Kier alpha value is -3.45. The van der Waals surface area contributed by atoms with Gasteiger partial charge in [0, 0.05) is 29.9 Å². The Labute approximate surface area is 217 Å². The zero-order valence-corrected chi connectivity index (χ0v) is 22.4. The molecule has 1 heterocycles. The van der Waals surface area contributed by atoms with Crippen LogP contribution in [0.2, 0.25) is 0 Å². The number of methoxy groups -OCH3 is 1. The Morgan fingerprint density at radius 2 is 1.51 bits per heavy atom. The average Bonchev–Trinajstić information content (AvgIpc) is 2.83. The standard InChI is InChI=1S/C30H38O7/c1-18(2)10-12-20-22(32)16-23-27(28(20)33)29(34)26-21(13-11-19(3)4)30(35-5)25(17-24(26)37-23)36-15-9-7-6-8-14-31/h10-11,16-17,31-33H,6-9,12-15H2,1-5H3. The van der Waals surface area contributed by atoms with Crippen LogP contribution in [0.3, 0.4) is 0 Å². The number of fused-ring (bicyclic) bond motifs is 2. The fourth-order valence-corrected chi connectivity index (χ4v) is 4.30. The Bertz CT molecular complexity index is 1370. The molecule has 0 saturated carbocycles. The minimum Gasteiger partial charge on any atom is -0.507 e. The van der Waals surface area contributed by atoms with E-state index in [1.807, 2.05) is 39.8 Å². The number of phenolic OH excluding ortho intramolecular Hbond substituents is 2. The summed E-state index contributed by atoms with van der Waals surface area (Å²) in [5.74, 6) is 0.501. The van der Waals surface area contributed by atoms with Crippen LogP contribution in [0.25, 0.3) is 21.9 Å². The highest BCUT2D eigenvalue weighted by molar-refractivity contribution is 5.97. The molecule has 1 aromatic heterocycles. The SMILES string of the molecule is COc1c(OCCCCCCO)cc2oc3cc(O)c(CC=C(C)C)c(O)c3c(=O)c2c1CC=C(C)C. The van der Waals surface area contributed by atoms with Crippen LogP contribution in [-0.2, 0) is 12.8 Å². The summed E-state index contributed by atoms with van der Waals surface area (Å²) in [7, 11) is 1.54. The summed E-state index contributed by atoms with van der Waals surface area (Å²) < 4.78 is 17.9. The predicted molar refractivity (Wildman–Crippen MR) is 147 cm³/mol. The van der Waals surface area contributed by atoms with E-state index in [2.05, 4.69) is 0 Å². The highest BCUT2D eigenvalue weighted by atomic mass is 16.5. The largest absolute Gasteiger partial charge is 0.507 e. The molecular weight excluding hydrogens is 472 g/mol. The maximum atomic E-state index is 13.9. The summed E-state index contributed by atoms with van der Waals surface area (Å²) in [5.41, 5.74) is 3.00. The summed E-state index contributed by atoms with van der Waals surface area (Å²) in [5, 5.41) is 30.9. The normalized spacial score (nSPS) is 11.1. The Kier molecular flexibility index (Phi) is 9.64. The molecule has 0 amide bonds. The lowest BCUT2D eigenvalue weighted by Crippen LogP contribution is -2.09. The summed E-state index contributed by atoms with van der Waals surface area (Å²) in [4.78, 5) is 13.9. The van der Waals surface area contributed by atoms with Gasteiger partial charge in [-0.15, -0.1) is 0 Å². The highest BCUT2D eigenvalue weighted by Gasteiger charge is 2.23. The molecule has 0 unspecified atom stereocenters. The number of ether oxygens (including phenoxy) is 2. The van der Waals surface area contributed by atoms with E-state index in [0.29, 0.717) is 41.1 Å². The molecular formula is C30H38O7. The number of allylic oxidation sites excluding steroid dienone is 4. The molecule has 0 fully saturated rings. The molecule has 0 atom stereocenters. The van der Waals surface area contributed by atoms with Gasteiger partial charge in [0.05, 0.1) is 19.1 Å². The lowest BCUT2D eigenvalue weighted by molar-refractivity contribution is 0.268. The van der Waals surface area contributed by atoms with Gasteiger partial charge in [0.2, 0.25) is 5.43 Å². The van der Waals surface area contributed by atoms with Crippen LogP contribution >= 0.6 is 0 Å². The first-order chi connectivity index (χ1) is 17.7. The third-order valence-corrected chi connectivity index (χ3v) is 6.27. The van der Waals surface area contributed by atoms with Gasteiger partial charge < -0.3 is 29.2 Å². The number of aromatic hydroxyl groups is 2. The van der Waals surface area contributed by atoms with Gasteiger partial charge in [-0.1, -0.05) is 29.7 Å². The molecule has 37 heavy (non-hydrogen) atoms. The second-order valence-electron chi connectivity index (χ2n) is 9.74. The number of hydrogen-bond acceptors (Lipinski definition) is 7. The van der Waals surface area contributed by atoms with Crippen molar-refractivity contribution in [2.75, 3.05) is 20.3 Å². The first-order valence-corrected chi connectivity index (χ1v) is 12.7. The topological polar surface area (TPSA) is 109 Å². The molecule has 2 aromatic carbocycles. The zero-order valence-electron chi connectivity index (χ0n) is 22.4. The monoisotopic (exact) mass is 510 g/mol. The van der Waals surface area contributed by atoms with Crippen molar-refractivity contribution in [2.24, 2.45) is 0 Å². The van der Waals surface area contributed by atoms with Gasteiger partial charge in [-0.3, -0.25) is 4.79 Å². The number of unbranched alkanes of at least 4 members (excludes halogenated alkanes) is 3. The summed E-state index contributed by atoms with van der Waals surface area (Å²) in [6.45, 7) is 8.43. The van der Waals surface area contributed by atoms with Gasteiger partial charge in [0.15, 0.2) is 11.5 Å². The number of benzene rings is 2. The van der Waals surface area contributed by atoms with Gasteiger partial charge >= 0.3 is 0 Å². The van der Waals surface area contributed by atoms with Crippen molar-refractivity contribution in [1.82, 2.24) is 0 Å². The Balaban J connectivity index is 2.23. The summed E-state index contributed by atoms with van der Waals surface area (Å²) in [6.07, 6.45) is 7.99. The molecule has 3 rings (SSSR count). The van der Waals surface area contributed by atoms with Crippen LogP contribution in [0.4, 0.5) is 0 Å². The number of aliphatic hydroxyl groups is 1. The third kappa shape index (κ3) is 6.46. The van der Waals surface area contributed by atoms with Gasteiger partial charge in [-0.2, -0.15) is 0 Å². The molecule has 0 aliphatic carbocycles. The molecule has 0 saturated heterocycles. The smallest absolute Gasteiger partial charge is 0.204 e. The van der Waals surface area contributed by atoms with Crippen LogP contribution in [0.15, 0.2) is 44.6 Å². The number of phenols is 2. The van der Waals surface area contributed by atoms with Crippen molar-refractivity contribution in [1.29, 1.82) is 0 Å². The van der Waals surface area contributed by atoms with E-state index in [1.165, 1.54) is 13.2 Å². The minimum atomic E-state index is -0.391. The van der Waals surface area contributed by atoms with E-state index in [-0.39, 0.29) is 41.1 Å². The van der Waals surface area contributed by atoms with E-state index in [9.17, 15) is 15.0 Å². The van der Waals surface area contributed by atoms with E-state index in [4.69, 9.17) is 19.0 Å². The van der Waals surface area contributed by atoms with Gasteiger partial charge in [0.1, 0.15) is 28.1 Å². The highest BCUT2D eigenvalue weighted by Crippen LogP contribution is 2.41. The van der Waals surface area contributed by atoms with Crippen molar-refractivity contribution < 1.29 is 29.2 Å². The number of rotatable bonds is 12. The molecule has 200 valence electrons. The molecule has 0 aliphatic rings. The van der Waals surface area contributed by atoms with Crippen molar-refractivity contribution in [3.8, 4) is 23.0 Å². The lowest BCUT2D eigenvalue weighted by Gasteiger charge is -2.17. The van der Waals surface area contributed by atoms with E-state index < -0.39 is 5.43 Å². The van der Waals surface area contributed by atoms with Crippen LogP contribution in [-0.4, -0.2) is 35.6 Å². The van der Waals surface area contributed by atoms with E-state index in [1.54, 1.807) is 6.07 Å². The number of aliphatic hydroxyl groups excluding tert-OH is 1. The van der Waals surface area contributed by atoms with Crippen LogP contribution in [0.1, 0.15) is 64.5 Å². The lowest BCUT2D eigenvalue weighted by atomic mass is 9.98. The van der Waals surface area contributed by atoms with Crippen molar-refractivity contribution in [2.45, 2.75) is 66.2 Å². The summed E-state index contributed by atoms with van der Waals surface area (Å²) in [6, 6.07) is 3.02. The third-order valence-electron chi connectivity index (χ3n) is 6.27. The Morgan fingerprint density at radius 1 is 0.892 bits per heavy atom. The molecule has 7 heteroatoms. The van der Waals surface area contributed by atoms with E-state index in [0.717, 1.165) is 36.8 Å². The maximum absolute atomic E-state index is 13.9. The van der Waals surface area contributed by atoms with Crippen LogP contribution < -0.4 is 14.9 Å². The maximum Gasteiger partial charge on any atom is 0.204 e. The van der Waals surface area contributed by atoms with Crippen molar-refractivity contribution >= 4 is 21.9 Å². The fourth-order valence-electron chi connectivity index (χ4n) is 4.30. The average molecular weight is 511 g/mol. The Morgan fingerprint density at radius 3 is 2.14 bits per heavy atom. The quantitative estimate of drug-likeness (QED) is 0.149.